The summed E-state index contributed by atoms with van der Waals surface area (Å²) in [5, 5.41) is 3.46. The molecule has 3 aromatic rings. The van der Waals surface area contributed by atoms with E-state index in [0.717, 1.165) is 43.0 Å². The highest BCUT2D eigenvalue weighted by molar-refractivity contribution is 5.62. The van der Waals surface area contributed by atoms with Crippen molar-refractivity contribution in [1.82, 2.24) is 14.5 Å². The van der Waals surface area contributed by atoms with Gasteiger partial charge in [-0.15, -0.1) is 0 Å². The molecule has 0 spiro atoms. The van der Waals surface area contributed by atoms with Crippen LogP contribution in [0.25, 0.3) is 11.3 Å². The first kappa shape index (κ1) is 15.9. The van der Waals surface area contributed by atoms with E-state index in [4.69, 9.17) is 4.98 Å². The van der Waals surface area contributed by atoms with Gasteiger partial charge in [0.25, 0.3) is 0 Å². The number of pyridine rings is 1. The van der Waals surface area contributed by atoms with E-state index < -0.39 is 0 Å². The normalized spacial score (nSPS) is 13.5. The molecule has 0 amide bonds. The maximum atomic E-state index is 4.79. The molecule has 1 N–H and O–H groups in total. The lowest BCUT2D eigenvalue weighted by Crippen LogP contribution is -2.08. The second-order valence-corrected chi connectivity index (χ2v) is 6.64. The number of aromatic nitrogens is 3. The fraction of sp³-hybridized carbons (Fsp3) is 0.333. The van der Waals surface area contributed by atoms with Crippen LogP contribution in [0, 0.1) is 0 Å². The Morgan fingerprint density at radius 2 is 1.96 bits per heavy atom. The van der Waals surface area contributed by atoms with Crippen molar-refractivity contribution >= 4 is 5.69 Å². The summed E-state index contributed by atoms with van der Waals surface area (Å²) < 4.78 is 2.30. The van der Waals surface area contributed by atoms with Crippen LogP contribution in [-0.2, 0) is 25.9 Å². The Hall–Kier alpha value is -2.62. The first-order valence-electron chi connectivity index (χ1n) is 9.16. The number of aryl methyl sites for hydroxylation is 3. The highest BCUT2D eigenvalue weighted by Crippen LogP contribution is 2.24. The fourth-order valence-corrected chi connectivity index (χ4v) is 3.28. The molecule has 0 bridgehead atoms. The molecule has 25 heavy (non-hydrogen) atoms. The lowest BCUT2D eigenvalue weighted by atomic mass is 10.1. The van der Waals surface area contributed by atoms with Gasteiger partial charge in [-0.05, 0) is 43.0 Å². The molecule has 0 aliphatic carbocycles. The number of benzene rings is 1. The summed E-state index contributed by atoms with van der Waals surface area (Å²) in [4.78, 5) is 9.24. The Balaban J connectivity index is 1.42. The Morgan fingerprint density at radius 1 is 1.08 bits per heavy atom. The number of hydrogen-bond acceptors (Lipinski definition) is 3. The summed E-state index contributed by atoms with van der Waals surface area (Å²) in [5.74, 6) is 1.23. The highest BCUT2D eigenvalue weighted by atomic mass is 15.1. The van der Waals surface area contributed by atoms with E-state index in [-0.39, 0.29) is 0 Å². The molecule has 0 saturated heterocycles. The maximum absolute atomic E-state index is 4.79. The Labute approximate surface area is 149 Å². The molecule has 3 heterocycles. The summed E-state index contributed by atoms with van der Waals surface area (Å²) in [7, 11) is 0. The lowest BCUT2D eigenvalue weighted by Gasteiger charge is -2.11. The summed E-state index contributed by atoms with van der Waals surface area (Å²) >= 11 is 0. The second-order valence-electron chi connectivity index (χ2n) is 6.64. The number of fused-ring (bicyclic) bond motifs is 1. The number of rotatable bonds is 5. The molecule has 1 aliphatic rings. The van der Waals surface area contributed by atoms with Gasteiger partial charge in [-0.25, -0.2) is 4.98 Å². The summed E-state index contributed by atoms with van der Waals surface area (Å²) in [6.07, 6.45) is 8.75. The second kappa shape index (κ2) is 7.09. The minimum Gasteiger partial charge on any atom is -0.381 e. The van der Waals surface area contributed by atoms with Crippen LogP contribution >= 0.6 is 0 Å². The van der Waals surface area contributed by atoms with Crippen LogP contribution in [0.1, 0.15) is 36.8 Å². The van der Waals surface area contributed by atoms with E-state index in [2.05, 4.69) is 64.4 Å². The predicted octanol–water partition coefficient (Wildman–Crippen LogP) is 4.46. The molecule has 4 nitrogen and oxygen atoms in total. The quantitative estimate of drug-likeness (QED) is 0.750. The number of anilines is 1. The van der Waals surface area contributed by atoms with Crippen LogP contribution in [0.3, 0.4) is 0 Å². The molecule has 0 unspecified atom stereocenters. The molecule has 4 heteroatoms. The Morgan fingerprint density at radius 3 is 2.68 bits per heavy atom. The minimum atomic E-state index is 0.787. The van der Waals surface area contributed by atoms with E-state index in [1.54, 1.807) is 0 Å². The zero-order valence-electron chi connectivity index (χ0n) is 14.7. The molecule has 0 radical (unpaired) electrons. The number of hydrogen-bond donors (Lipinski definition) is 1. The standard InChI is InChI=1S/C21H24N4/c1-2-18-9-6-16(13-22-18)14-23-19-10-7-17(8-11-19)20-15-25-12-4-3-5-21(25)24-20/h6-11,13,15,23H,2-5,12,14H2,1H3. The Bertz CT molecular complexity index is 808. The third kappa shape index (κ3) is 3.58. The van der Waals surface area contributed by atoms with Gasteiger partial charge in [0.2, 0.25) is 0 Å². The monoisotopic (exact) mass is 332 g/mol. The highest BCUT2D eigenvalue weighted by Gasteiger charge is 2.13. The van der Waals surface area contributed by atoms with Gasteiger partial charge in [-0.2, -0.15) is 0 Å². The van der Waals surface area contributed by atoms with Gasteiger partial charge < -0.3 is 9.88 Å². The average molecular weight is 332 g/mol. The van der Waals surface area contributed by atoms with Gasteiger partial charge in [-0.1, -0.05) is 25.1 Å². The van der Waals surface area contributed by atoms with Gasteiger partial charge in [0, 0.05) is 48.8 Å². The van der Waals surface area contributed by atoms with Crippen molar-refractivity contribution in [2.75, 3.05) is 5.32 Å². The van der Waals surface area contributed by atoms with E-state index in [1.165, 1.54) is 29.8 Å². The van der Waals surface area contributed by atoms with Crippen LogP contribution in [0.2, 0.25) is 0 Å². The largest absolute Gasteiger partial charge is 0.381 e. The number of nitrogens with zero attached hydrogens (tertiary/aromatic N) is 3. The van der Waals surface area contributed by atoms with E-state index in [9.17, 15) is 0 Å². The van der Waals surface area contributed by atoms with Gasteiger partial charge >= 0.3 is 0 Å². The predicted molar refractivity (Wildman–Crippen MR) is 102 cm³/mol. The van der Waals surface area contributed by atoms with E-state index >= 15 is 0 Å². The molecule has 128 valence electrons. The molecule has 0 fully saturated rings. The van der Waals surface area contributed by atoms with Crippen LogP contribution < -0.4 is 5.32 Å². The minimum absolute atomic E-state index is 0.787. The van der Waals surface area contributed by atoms with Crippen molar-refractivity contribution in [3.63, 3.8) is 0 Å². The molecule has 0 saturated carbocycles. The van der Waals surface area contributed by atoms with Crippen LogP contribution in [0.4, 0.5) is 5.69 Å². The number of imidazole rings is 1. The zero-order valence-corrected chi connectivity index (χ0v) is 14.7. The Kier molecular flexibility index (Phi) is 4.51. The van der Waals surface area contributed by atoms with Crippen molar-refractivity contribution < 1.29 is 0 Å². The molecule has 2 aromatic heterocycles. The molecule has 0 atom stereocenters. The topological polar surface area (TPSA) is 42.7 Å². The average Bonchev–Trinajstić information content (AvgIpc) is 3.11. The number of nitrogens with one attached hydrogen (secondary N) is 1. The van der Waals surface area contributed by atoms with Crippen LogP contribution in [0.15, 0.2) is 48.8 Å². The molecular formula is C21H24N4. The smallest absolute Gasteiger partial charge is 0.109 e. The lowest BCUT2D eigenvalue weighted by molar-refractivity contribution is 0.522. The van der Waals surface area contributed by atoms with Gasteiger partial charge in [0.1, 0.15) is 5.82 Å². The van der Waals surface area contributed by atoms with Crippen molar-refractivity contribution in [2.24, 2.45) is 0 Å². The first-order valence-corrected chi connectivity index (χ1v) is 9.16. The third-order valence-corrected chi connectivity index (χ3v) is 4.83. The fourth-order valence-electron chi connectivity index (χ4n) is 3.28. The molecule has 4 rings (SSSR count). The van der Waals surface area contributed by atoms with Crippen molar-refractivity contribution in [1.29, 1.82) is 0 Å². The molecule has 1 aromatic carbocycles. The van der Waals surface area contributed by atoms with Gasteiger partial charge in [0.15, 0.2) is 0 Å². The SMILES string of the molecule is CCc1ccc(CNc2ccc(-c3cn4c(n3)CCCC4)cc2)cn1. The van der Waals surface area contributed by atoms with Crippen molar-refractivity contribution in [3.05, 3.63) is 65.9 Å². The summed E-state index contributed by atoms with van der Waals surface area (Å²) in [6.45, 7) is 4.01. The van der Waals surface area contributed by atoms with Crippen LogP contribution in [0.5, 0.6) is 0 Å². The van der Waals surface area contributed by atoms with E-state index in [1.807, 2.05) is 6.20 Å². The van der Waals surface area contributed by atoms with Crippen molar-refractivity contribution in [2.45, 2.75) is 45.7 Å². The maximum Gasteiger partial charge on any atom is 0.109 e. The molecule has 1 aliphatic heterocycles. The first-order chi connectivity index (χ1) is 12.3. The third-order valence-electron chi connectivity index (χ3n) is 4.83. The summed E-state index contributed by atoms with van der Waals surface area (Å²) in [5.41, 5.74) is 5.72. The van der Waals surface area contributed by atoms with Crippen molar-refractivity contribution in [3.8, 4) is 11.3 Å². The van der Waals surface area contributed by atoms with Gasteiger partial charge in [0.05, 0.1) is 5.69 Å². The zero-order chi connectivity index (χ0) is 17.1. The van der Waals surface area contributed by atoms with Gasteiger partial charge in [-0.3, -0.25) is 4.98 Å². The molecular weight excluding hydrogens is 308 g/mol. The van der Waals surface area contributed by atoms with Crippen LogP contribution in [-0.4, -0.2) is 14.5 Å². The summed E-state index contributed by atoms with van der Waals surface area (Å²) in [6, 6.07) is 12.8. The van der Waals surface area contributed by atoms with E-state index in [0.29, 0.717) is 0 Å².